The first kappa shape index (κ1) is 30.2. The highest BCUT2D eigenvalue weighted by molar-refractivity contribution is 9.10. The molecule has 3 rings (SSSR count). The van der Waals surface area contributed by atoms with Crippen LogP contribution in [-0.2, 0) is 26.2 Å². The largest absolute Gasteiger partial charge is 0.497 e. The van der Waals surface area contributed by atoms with Gasteiger partial charge in [-0.15, -0.1) is 0 Å². The molecule has 0 bridgehead atoms. The van der Waals surface area contributed by atoms with E-state index >= 15 is 0 Å². The number of hydrogen-bond acceptors (Lipinski definition) is 5. The van der Waals surface area contributed by atoms with Gasteiger partial charge in [0.2, 0.25) is 11.8 Å². The average molecular weight is 617 g/mol. The lowest BCUT2D eigenvalue weighted by Gasteiger charge is -2.32. The van der Waals surface area contributed by atoms with Gasteiger partial charge in [-0.05, 0) is 74.4 Å². The van der Waals surface area contributed by atoms with Gasteiger partial charge < -0.3 is 15.0 Å². The van der Waals surface area contributed by atoms with E-state index in [0.717, 1.165) is 26.3 Å². The molecule has 0 fully saturated rings. The topological polar surface area (TPSA) is 96.0 Å². The van der Waals surface area contributed by atoms with Crippen LogP contribution in [0, 0.1) is 6.92 Å². The van der Waals surface area contributed by atoms with Crippen molar-refractivity contribution in [1.82, 2.24) is 10.2 Å². The molecule has 1 atom stereocenters. The number of halogens is 1. The normalized spacial score (nSPS) is 11.9. The zero-order chi connectivity index (χ0) is 28.6. The molecular formula is C29H34BrN3O5S. The molecule has 208 valence electrons. The number of ether oxygens (including phenoxy) is 1. The van der Waals surface area contributed by atoms with Gasteiger partial charge in [-0.2, -0.15) is 0 Å². The van der Waals surface area contributed by atoms with Crippen LogP contribution in [0.5, 0.6) is 5.75 Å². The number of benzene rings is 3. The Morgan fingerprint density at radius 1 is 0.974 bits per heavy atom. The molecule has 0 unspecified atom stereocenters. The van der Waals surface area contributed by atoms with Crippen LogP contribution in [0.2, 0.25) is 0 Å². The number of methoxy groups -OCH3 is 1. The van der Waals surface area contributed by atoms with Gasteiger partial charge in [-0.1, -0.05) is 52.7 Å². The fourth-order valence-electron chi connectivity index (χ4n) is 3.88. The highest BCUT2D eigenvalue weighted by Gasteiger charge is 2.32. The first-order valence-corrected chi connectivity index (χ1v) is 14.8. The van der Waals surface area contributed by atoms with Gasteiger partial charge in [-0.3, -0.25) is 13.9 Å². The van der Waals surface area contributed by atoms with Crippen molar-refractivity contribution in [1.29, 1.82) is 0 Å². The lowest BCUT2D eigenvalue weighted by molar-refractivity contribution is -0.139. The third-order valence-electron chi connectivity index (χ3n) is 6.23. The second kappa shape index (κ2) is 13.6. The lowest BCUT2D eigenvalue weighted by Crippen LogP contribution is -2.51. The summed E-state index contributed by atoms with van der Waals surface area (Å²) < 4.78 is 34.7. The maximum atomic E-state index is 13.9. The molecule has 0 saturated carbocycles. The molecule has 3 aromatic rings. The Labute approximate surface area is 239 Å². The molecule has 2 amide bonds. The van der Waals surface area contributed by atoms with E-state index in [1.807, 2.05) is 26.0 Å². The van der Waals surface area contributed by atoms with Gasteiger partial charge in [0, 0.05) is 17.6 Å². The van der Waals surface area contributed by atoms with Crippen LogP contribution < -0.4 is 14.4 Å². The summed E-state index contributed by atoms with van der Waals surface area (Å²) >= 11 is 3.38. The molecule has 39 heavy (non-hydrogen) atoms. The van der Waals surface area contributed by atoms with Crippen LogP contribution in [0.25, 0.3) is 0 Å². The van der Waals surface area contributed by atoms with Crippen LogP contribution in [-0.4, -0.2) is 51.4 Å². The molecule has 0 radical (unpaired) electrons. The SMILES string of the molecule is CCCNC(=O)[C@H](C)N(Cc1ccc(OC)cc1)C(=O)CN(c1ccc(Br)cc1)S(=O)(=O)c1ccc(C)cc1. The van der Waals surface area contributed by atoms with Crippen LogP contribution in [0.15, 0.2) is 82.2 Å². The third kappa shape index (κ3) is 7.83. The molecule has 10 heteroatoms. The number of carbonyl (C=O) groups excluding carboxylic acids is 2. The Kier molecular flexibility index (Phi) is 10.5. The summed E-state index contributed by atoms with van der Waals surface area (Å²) in [5, 5.41) is 2.83. The maximum absolute atomic E-state index is 13.9. The molecule has 0 spiro atoms. The second-order valence-corrected chi connectivity index (χ2v) is 11.9. The average Bonchev–Trinajstić information content (AvgIpc) is 2.93. The number of nitrogens with one attached hydrogen (secondary N) is 1. The predicted octanol–water partition coefficient (Wildman–Crippen LogP) is 4.90. The Bertz CT molecular complexity index is 1360. The van der Waals surface area contributed by atoms with E-state index in [4.69, 9.17) is 4.74 Å². The van der Waals surface area contributed by atoms with Crippen LogP contribution in [0.4, 0.5) is 5.69 Å². The van der Waals surface area contributed by atoms with Crippen molar-refractivity contribution >= 4 is 43.5 Å². The Hall–Kier alpha value is -3.37. The van der Waals surface area contributed by atoms with Crippen LogP contribution >= 0.6 is 15.9 Å². The van der Waals surface area contributed by atoms with Gasteiger partial charge in [0.25, 0.3) is 10.0 Å². The highest BCUT2D eigenvalue weighted by atomic mass is 79.9. The van der Waals surface area contributed by atoms with Crippen LogP contribution in [0.3, 0.4) is 0 Å². The minimum absolute atomic E-state index is 0.0688. The Morgan fingerprint density at radius 2 is 1.59 bits per heavy atom. The number of anilines is 1. The number of sulfonamides is 1. The van der Waals surface area contributed by atoms with Crippen molar-refractivity contribution in [3.63, 3.8) is 0 Å². The van der Waals surface area contributed by atoms with Crippen LogP contribution in [0.1, 0.15) is 31.4 Å². The van der Waals surface area contributed by atoms with Gasteiger partial charge in [0.05, 0.1) is 17.7 Å². The van der Waals surface area contributed by atoms with E-state index < -0.39 is 28.5 Å². The molecule has 3 aromatic carbocycles. The van der Waals surface area contributed by atoms with Crippen molar-refractivity contribution in [2.45, 2.75) is 44.7 Å². The number of carbonyl (C=O) groups is 2. The molecule has 0 aromatic heterocycles. The fourth-order valence-corrected chi connectivity index (χ4v) is 5.56. The standard InChI is InChI=1S/C29H34BrN3O5S/c1-5-18-31-29(35)22(3)32(19-23-8-14-26(38-4)15-9-23)28(34)20-33(25-12-10-24(30)11-13-25)39(36,37)27-16-6-21(2)7-17-27/h6-17,22H,5,18-20H2,1-4H3,(H,31,35)/t22-/m0/s1. The van der Waals surface area contributed by atoms with Crippen molar-refractivity contribution in [3.8, 4) is 5.75 Å². The van der Waals surface area contributed by atoms with Gasteiger partial charge in [-0.25, -0.2) is 8.42 Å². The lowest BCUT2D eigenvalue weighted by atomic mass is 10.1. The summed E-state index contributed by atoms with van der Waals surface area (Å²) in [6.07, 6.45) is 0.747. The number of amides is 2. The molecule has 0 saturated heterocycles. The summed E-state index contributed by atoms with van der Waals surface area (Å²) in [5.41, 5.74) is 2.02. The number of nitrogens with zero attached hydrogens (tertiary/aromatic N) is 2. The molecule has 1 N–H and O–H groups in total. The first-order chi connectivity index (χ1) is 18.6. The third-order valence-corrected chi connectivity index (χ3v) is 8.55. The Balaban J connectivity index is 2.00. The predicted molar refractivity (Wildman–Crippen MR) is 156 cm³/mol. The van der Waals surface area contributed by atoms with E-state index in [-0.39, 0.29) is 17.3 Å². The highest BCUT2D eigenvalue weighted by Crippen LogP contribution is 2.26. The molecule has 0 aliphatic carbocycles. The van der Waals surface area contributed by atoms with Crippen molar-refractivity contribution in [3.05, 3.63) is 88.4 Å². The van der Waals surface area contributed by atoms with Crippen molar-refractivity contribution in [2.24, 2.45) is 0 Å². The van der Waals surface area contributed by atoms with Gasteiger partial charge >= 0.3 is 0 Å². The molecule has 8 nitrogen and oxygen atoms in total. The number of hydrogen-bond donors (Lipinski definition) is 1. The number of rotatable bonds is 12. The van der Waals surface area contributed by atoms with Gasteiger partial charge in [0.15, 0.2) is 0 Å². The van der Waals surface area contributed by atoms with E-state index in [2.05, 4.69) is 21.2 Å². The smallest absolute Gasteiger partial charge is 0.264 e. The maximum Gasteiger partial charge on any atom is 0.264 e. The fraction of sp³-hybridized carbons (Fsp3) is 0.310. The first-order valence-electron chi connectivity index (χ1n) is 12.6. The van der Waals surface area contributed by atoms with E-state index in [1.165, 1.54) is 17.0 Å². The van der Waals surface area contributed by atoms with Crippen molar-refractivity contribution < 1.29 is 22.7 Å². The monoisotopic (exact) mass is 615 g/mol. The minimum atomic E-state index is -4.10. The zero-order valence-electron chi connectivity index (χ0n) is 22.6. The molecule has 0 aliphatic heterocycles. The summed E-state index contributed by atoms with van der Waals surface area (Å²) in [7, 11) is -2.54. The minimum Gasteiger partial charge on any atom is -0.497 e. The summed E-state index contributed by atoms with van der Waals surface area (Å²) in [4.78, 5) is 28.3. The molecular weight excluding hydrogens is 582 g/mol. The van der Waals surface area contributed by atoms with E-state index in [0.29, 0.717) is 18.0 Å². The second-order valence-electron chi connectivity index (χ2n) is 9.14. The summed E-state index contributed by atoms with van der Waals surface area (Å²) in [6.45, 7) is 5.55. The van der Waals surface area contributed by atoms with E-state index in [9.17, 15) is 18.0 Å². The summed E-state index contributed by atoms with van der Waals surface area (Å²) in [6, 6.07) is 19.5. The molecule has 0 heterocycles. The van der Waals surface area contributed by atoms with Gasteiger partial charge in [0.1, 0.15) is 18.3 Å². The Morgan fingerprint density at radius 3 is 2.15 bits per heavy atom. The van der Waals surface area contributed by atoms with Crippen molar-refractivity contribution in [2.75, 3.05) is 24.5 Å². The van der Waals surface area contributed by atoms with E-state index in [1.54, 1.807) is 62.6 Å². The summed E-state index contributed by atoms with van der Waals surface area (Å²) in [5.74, 6) is -0.158. The quantitative estimate of drug-likeness (QED) is 0.312. The number of aryl methyl sites for hydroxylation is 1. The molecule has 0 aliphatic rings. The zero-order valence-corrected chi connectivity index (χ0v) is 25.0.